The Hall–Kier alpha value is -3.00. The van der Waals surface area contributed by atoms with Crippen molar-refractivity contribution in [3.63, 3.8) is 0 Å². The van der Waals surface area contributed by atoms with E-state index in [1.54, 1.807) is 18.2 Å². The molecule has 162 valence electrons. The molecule has 0 fully saturated rings. The molecule has 4 aromatic rings. The van der Waals surface area contributed by atoms with E-state index in [9.17, 15) is 4.79 Å². The Bertz CT molecular complexity index is 1180. The number of nitrogens with zero attached hydrogens (tertiary/aromatic N) is 3. The molecule has 4 rings (SSSR count). The summed E-state index contributed by atoms with van der Waals surface area (Å²) in [7, 11) is 0. The summed E-state index contributed by atoms with van der Waals surface area (Å²) in [4.78, 5) is 12.8. The highest BCUT2D eigenvalue weighted by atomic mass is 35.5. The lowest BCUT2D eigenvalue weighted by Crippen LogP contribution is -2.30. The summed E-state index contributed by atoms with van der Waals surface area (Å²) in [5.41, 5.74) is 2.56. The van der Waals surface area contributed by atoms with Crippen molar-refractivity contribution in [1.29, 1.82) is 0 Å². The van der Waals surface area contributed by atoms with E-state index >= 15 is 0 Å². The maximum absolute atomic E-state index is 12.8. The first-order valence-electron chi connectivity index (χ1n) is 9.71. The summed E-state index contributed by atoms with van der Waals surface area (Å²) >= 11 is 13.5. The van der Waals surface area contributed by atoms with Crippen LogP contribution in [0.25, 0.3) is 11.4 Å². The van der Waals surface area contributed by atoms with Crippen LogP contribution in [0.15, 0.2) is 84.0 Å². The largest absolute Gasteiger partial charge is 0.344 e. The van der Waals surface area contributed by atoms with Crippen molar-refractivity contribution >= 4 is 40.9 Å². The lowest BCUT2D eigenvalue weighted by atomic mass is 9.99. The average Bonchev–Trinajstić information content (AvgIpc) is 3.19. The van der Waals surface area contributed by atoms with Crippen LogP contribution in [0.3, 0.4) is 0 Å². The minimum atomic E-state index is -0.262. The van der Waals surface area contributed by atoms with Gasteiger partial charge in [0.05, 0.1) is 16.8 Å². The first-order chi connectivity index (χ1) is 15.5. The Labute approximate surface area is 199 Å². The molecule has 3 aromatic carbocycles. The van der Waals surface area contributed by atoms with Crippen molar-refractivity contribution in [1.82, 2.24) is 20.2 Å². The molecule has 0 radical (unpaired) electrons. The molecule has 6 nitrogen and oxygen atoms in total. The van der Waals surface area contributed by atoms with Crippen LogP contribution in [0.2, 0.25) is 10.0 Å². The Morgan fingerprint density at radius 1 is 0.969 bits per heavy atom. The van der Waals surface area contributed by atoms with Crippen molar-refractivity contribution < 1.29 is 4.79 Å². The summed E-state index contributed by atoms with van der Waals surface area (Å²) in [6.07, 6.45) is 0. The summed E-state index contributed by atoms with van der Waals surface area (Å²) < 4.78 is 1.31. The van der Waals surface area contributed by atoms with Gasteiger partial charge in [0.15, 0.2) is 5.82 Å². The van der Waals surface area contributed by atoms with Gasteiger partial charge in [-0.1, -0.05) is 95.6 Å². The minimum Gasteiger partial charge on any atom is -0.344 e. The van der Waals surface area contributed by atoms with Crippen LogP contribution in [0.4, 0.5) is 0 Å². The molecule has 1 heterocycles. The third kappa shape index (κ3) is 5.07. The quantitative estimate of drug-likeness (QED) is 0.286. The number of nitrogens with two attached hydrogens (primary N) is 1. The molecule has 0 aliphatic carbocycles. The first kappa shape index (κ1) is 22.2. The van der Waals surface area contributed by atoms with Crippen LogP contribution in [0.1, 0.15) is 17.2 Å². The third-order valence-corrected chi connectivity index (χ3v) is 6.25. The van der Waals surface area contributed by atoms with Gasteiger partial charge in [0, 0.05) is 10.6 Å². The Morgan fingerprint density at radius 2 is 1.59 bits per heavy atom. The van der Waals surface area contributed by atoms with Gasteiger partial charge in [0.25, 0.3) is 0 Å². The molecule has 0 unspecified atom stereocenters. The highest BCUT2D eigenvalue weighted by molar-refractivity contribution is 7.99. The Balaban J connectivity index is 1.48. The number of nitrogen functional groups attached to an aromatic ring is 1. The van der Waals surface area contributed by atoms with Gasteiger partial charge in [-0.15, -0.1) is 10.2 Å². The van der Waals surface area contributed by atoms with Gasteiger partial charge in [-0.25, -0.2) is 4.68 Å². The van der Waals surface area contributed by atoms with Crippen LogP contribution < -0.4 is 11.2 Å². The zero-order chi connectivity index (χ0) is 22.5. The molecule has 0 aliphatic heterocycles. The van der Waals surface area contributed by atoms with Gasteiger partial charge in [-0.2, -0.15) is 0 Å². The van der Waals surface area contributed by atoms with Crippen molar-refractivity contribution in [2.45, 2.75) is 11.2 Å². The molecular formula is C23H19Cl2N5OS. The lowest BCUT2D eigenvalue weighted by molar-refractivity contribution is -0.119. The van der Waals surface area contributed by atoms with E-state index in [2.05, 4.69) is 15.5 Å². The molecule has 0 atom stereocenters. The van der Waals surface area contributed by atoms with E-state index in [-0.39, 0.29) is 17.7 Å². The van der Waals surface area contributed by atoms with Gasteiger partial charge >= 0.3 is 0 Å². The van der Waals surface area contributed by atoms with Crippen molar-refractivity contribution in [3.05, 3.63) is 100 Å². The average molecular weight is 484 g/mol. The van der Waals surface area contributed by atoms with Gasteiger partial charge in [0.2, 0.25) is 11.1 Å². The number of hydrogen-bond donors (Lipinski definition) is 2. The number of nitrogens with one attached hydrogen (secondary N) is 1. The minimum absolute atomic E-state index is 0.120. The second kappa shape index (κ2) is 10.1. The van der Waals surface area contributed by atoms with E-state index in [0.717, 1.165) is 11.1 Å². The number of thioether (sulfide) groups is 1. The topological polar surface area (TPSA) is 85.8 Å². The SMILES string of the molecule is Nn1c(SCC(=O)NC(c2ccccc2)c2ccccc2)nnc1-c1cc(Cl)ccc1Cl. The van der Waals surface area contributed by atoms with E-state index in [1.165, 1.54) is 16.4 Å². The Morgan fingerprint density at radius 3 is 2.22 bits per heavy atom. The van der Waals surface area contributed by atoms with Crippen LogP contribution in [-0.2, 0) is 4.79 Å². The molecule has 1 aromatic heterocycles. The fraction of sp³-hybridized carbons (Fsp3) is 0.0870. The van der Waals surface area contributed by atoms with E-state index in [1.807, 2.05) is 60.7 Å². The summed E-state index contributed by atoms with van der Waals surface area (Å²) in [6, 6.07) is 24.4. The second-order valence-electron chi connectivity index (χ2n) is 6.91. The second-order valence-corrected chi connectivity index (χ2v) is 8.70. The van der Waals surface area contributed by atoms with Gasteiger partial charge in [0.1, 0.15) is 0 Å². The summed E-state index contributed by atoms with van der Waals surface area (Å²) in [5, 5.41) is 12.7. The van der Waals surface area contributed by atoms with Crippen molar-refractivity contribution in [2.24, 2.45) is 0 Å². The van der Waals surface area contributed by atoms with Gasteiger partial charge in [-0.05, 0) is 29.3 Å². The van der Waals surface area contributed by atoms with Crippen LogP contribution >= 0.6 is 35.0 Å². The van der Waals surface area contributed by atoms with Crippen LogP contribution in [-0.4, -0.2) is 26.5 Å². The van der Waals surface area contributed by atoms with Crippen molar-refractivity contribution in [2.75, 3.05) is 11.6 Å². The number of halogens is 2. The molecule has 0 spiro atoms. The number of amides is 1. The molecule has 9 heteroatoms. The highest BCUT2D eigenvalue weighted by Gasteiger charge is 2.19. The normalized spacial score (nSPS) is 11.0. The fourth-order valence-corrected chi connectivity index (χ4v) is 4.25. The highest BCUT2D eigenvalue weighted by Crippen LogP contribution is 2.30. The van der Waals surface area contributed by atoms with Crippen molar-refractivity contribution in [3.8, 4) is 11.4 Å². The molecule has 32 heavy (non-hydrogen) atoms. The number of hydrogen-bond acceptors (Lipinski definition) is 5. The lowest BCUT2D eigenvalue weighted by Gasteiger charge is -2.19. The summed E-state index contributed by atoms with van der Waals surface area (Å²) in [5.74, 6) is 6.49. The third-order valence-electron chi connectivity index (χ3n) is 4.74. The number of carbonyl (C=O) groups is 1. The standard InChI is InChI=1S/C23H19Cl2N5OS/c24-17-11-12-19(25)18(13-17)22-28-29-23(30(22)26)32-14-20(31)27-21(15-7-3-1-4-8-15)16-9-5-2-6-10-16/h1-13,21H,14,26H2,(H,27,31). The number of rotatable bonds is 7. The van der Waals surface area contributed by atoms with E-state index in [0.29, 0.717) is 26.6 Å². The maximum atomic E-state index is 12.8. The van der Waals surface area contributed by atoms with Gasteiger partial charge in [-0.3, -0.25) is 4.79 Å². The first-order valence-corrected chi connectivity index (χ1v) is 11.4. The molecule has 0 aliphatic rings. The van der Waals surface area contributed by atoms with E-state index < -0.39 is 0 Å². The number of benzene rings is 3. The zero-order valence-electron chi connectivity index (χ0n) is 16.8. The smallest absolute Gasteiger partial charge is 0.231 e. The van der Waals surface area contributed by atoms with E-state index in [4.69, 9.17) is 29.0 Å². The molecule has 0 saturated carbocycles. The Kier molecular flexibility index (Phi) is 6.99. The zero-order valence-corrected chi connectivity index (χ0v) is 19.1. The molecule has 0 bridgehead atoms. The molecule has 3 N–H and O–H groups in total. The molecular weight excluding hydrogens is 465 g/mol. The predicted octanol–water partition coefficient (Wildman–Crippen LogP) is 4.96. The number of aromatic nitrogens is 3. The van der Waals surface area contributed by atoms with Crippen LogP contribution in [0, 0.1) is 0 Å². The fourth-order valence-electron chi connectivity index (χ4n) is 3.21. The summed E-state index contributed by atoms with van der Waals surface area (Å²) in [6.45, 7) is 0. The number of carbonyl (C=O) groups excluding carboxylic acids is 1. The maximum Gasteiger partial charge on any atom is 0.231 e. The predicted molar refractivity (Wildman–Crippen MR) is 129 cm³/mol. The van der Waals surface area contributed by atoms with Gasteiger partial charge < -0.3 is 11.2 Å². The molecule has 1 amide bonds. The monoisotopic (exact) mass is 483 g/mol. The molecule has 0 saturated heterocycles. The van der Waals surface area contributed by atoms with Crippen LogP contribution in [0.5, 0.6) is 0 Å².